The van der Waals surface area contributed by atoms with E-state index in [0.29, 0.717) is 11.3 Å². The van der Waals surface area contributed by atoms with Gasteiger partial charge in [0.25, 0.3) is 5.91 Å². The first-order valence-corrected chi connectivity index (χ1v) is 9.06. The maximum absolute atomic E-state index is 12.8. The molecule has 0 unspecified atom stereocenters. The minimum absolute atomic E-state index is 0.305. The lowest BCUT2D eigenvalue weighted by Gasteiger charge is -2.08. The van der Waals surface area contributed by atoms with Crippen LogP contribution in [0.25, 0.3) is 28.2 Å². The molecule has 4 rings (SSSR count). The number of benzene rings is 1. The Morgan fingerprint density at radius 3 is 2.72 bits per heavy atom. The molecular weight excluding hydrogens is 364 g/mol. The monoisotopic (exact) mass is 382 g/mol. The van der Waals surface area contributed by atoms with Gasteiger partial charge >= 0.3 is 0 Å². The molecule has 0 radical (unpaired) electrons. The molecule has 0 bridgehead atoms. The van der Waals surface area contributed by atoms with Gasteiger partial charge in [-0.3, -0.25) is 9.78 Å². The van der Waals surface area contributed by atoms with Gasteiger partial charge in [-0.2, -0.15) is 5.10 Å². The molecule has 4 aromatic rings. The summed E-state index contributed by atoms with van der Waals surface area (Å²) in [6.45, 7) is 1.88. The van der Waals surface area contributed by atoms with Gasteiger partial charge in [-0.05, 0) is 55.0 Å². The van der Waals surface area contributed by atoms with Gasteiger partial charge in [0, 0.05) is 23.3 Å². The third-order valence-electron chi connectivity index (χ3n) is 4.28. The maximum atomic E-state index is 12.8. The fourth-order valence-corrected chi connectivity index (χ4v) is 2.92. The highest BCUT2D eigenvalue weighted by Crippen LogP contribution is 2.24. The second-order valence-electron chi connectivity index (χ2n) is 6.41. The Labute approximate surface area is 167 Å². The van der Waals surface area contributed by atoms with E-state index in [-0.39, 0.29) is 5.91 Å². The Balaban J connectivity index is 1.62. The summed E-state index contributed by atoms with van der Waals surface area (Å²) in [5, 5.41) is 4.84. The molecule has 0 fully saturated rings. The number of allylic oxidation sites excluding steroid dienone is 1. The molecule has 0 aliphatic rings. The van der Waals surface area contributed by atoms with Crippen molar-refractivity contribution in [2.75, 3.05) is 0 Å². The van der Waals surface area contributed by atoms with E-state index in [2.05, 4.69) is 20.5 Å². The molecule has 29 heavy (non-hydrogen) atoms. The number of para-hydroxylation sites is 1. The summed E-state index contributed by atoms with van der Waals surface area (Å²) in [6, 6.07) is 16.7. The molecule has 0 aliphatic heterocycles. The summed E-state index contributed by atoms with van der Waals surface area (Å²) >= 11 is 0. The number of furan rings is 1. The molecule has 0 saturated carbocycles. The van der Waals surface area contributed by atoms with Crippen molar-refractivity contribution in [1.29, 1.82) is 0 Å². The zero-order valence-electron chi connectivity index (χ0n) is 15.7. The number of amides is 1. The standard InChI is InChI=1S/C23H18N4O2/c1-16(13-18-5-4-12-29-18)15-25-27-23(28)20-14-22(17-8-10-24-11-9-17)26-21-7-3-2-6-19(20)21/h2-15H,1H3,(H,27,28)/b16-13+,25-15?. The van der Waals surface area contributed by atoms with Crippen LogP contribution in [0.2, 0.25) is 0 Å². The van der Waals surface area contributed by atoms with E-state index >= 15 is 0 Å². The van der Waals surface area contributed by atoms with E-state index in [9.17, 15) is 4.79 Å². The van der Waals surface area contributed by atoms with Gasteiger partial charge in [0.15, 0.2) is 0 Å². The normalized spacial score (nSPS) is 11.8. The van der Waals surface area contributed by atoms with Crippen molar-refractivity contribution in [2.45, 2.75) is 6.92 Å². The van der Waals surface area contributed by atoms with Crippen LogP contribution < -0.4 is 5.43 Å². The number of hydrogen-bond acceptors (Lipinski definition) is 5. The van der Waals surface area contributed by atoms with Gasteiger partial charge in [0.05, 0.1) is 29.3 Å². The predicted molar refractivity (Wildman–Crippen MR) is 113 cm³/mol. The summed E-state index contributed by atoms with van der Waals surface area (Å²) in [4.78, 5) is 21.5. The number of nitrogens with zero attached hydrogens (tertiary/aromatic N) is 3. The molecule has 0 saturated heterocycles. The van der Waals surface area contributed by atoms with Crippen molar-refractivity contribution in [3.05, 3.63) is 90.2 Å². The smallest absolute Gasteiger partial charge is 0.272 e. The molecule has 6 nitrogen and oxygen atoms in total. The molecule has 6 heteroatoms. The highest BCUT2D eigenvalue weighted by Gasteiger charge is 2.13. The molecule has 1 amide bonds. The van der Waals surface area contributed by atoms with Crippen molar-refractivity contribution in [3.8, 4) is 11.3 Å². The number of carbonyl (C=O) groups excluding carboxylic acids is 1. The van der Waals surface area contributed by atoms with Gasteiger partial charge in [-0.1, -0.05) is 18.2 Å². The Bertz CT molecular complexity index is 1200. The zero-order chi connectivity index (χ0) is 20.1. The maximum Gasteiger partial charge on any atom is 0.272 e. The first-order valence-electron chi connectivity index (χ1n) is 9.06. The van der Waals surface area contributed by atoms with E-state index in [4.69, 9.17) is 4.42 Å². The summed E-state index contributed by atoms with van der Waals surface area (Å²) in [6.07, 6.45) is 8.41. The average Bonchev–Trinajstić information content (AvgIpc) is 3.26. The van der Waals surface area contributed by atoms with Gasteiger partial charge in [-0.25, -0.2) is 10.4 Å². The minimum Gasteiger partial charge on any atom is -0.465 e. The summed E-state index contributed by atoms with van der Waals surface area (Å²) in [5.41, 5.74) is 6.28. The average molecular weight is 382 g/mol. The van der Waals surface area contributed by atoms with Crippen LogP contribution in [-0.4, -0.2) is 22.1 Å². The van der Waals surface area contributed by atoms with Crippen molar-refractivity contribution in [1.82, 2.24) is 15.4 Å². The van der Waals surface area contributed by atoms with Crippen molar-refractivity contribution < 1.29 is 9.21 Å². The van der Waals surface area contributed by atoms with Crippen LogP contribution in [0.4, 0.5) is 0 Å². The Hall–Kier alpha value is -4.06. The molecule has 0 aliphatic carbocycles. The van der Waals surface area contributed by atoms with E-state index in [1.807, 2.05) is 61.5 Å². The summed E-state index contributed by atoms with van der Waals surface area (Å²) in [5.74, 6) is 0.420. The molecule has 3 heterocycles. The predicted octanol–water partition coefficient (Wildman–Crippen LogP) is 4.71. The van der Waals surface area contributed by atoms with E-state index < -0.39 is 0 Å². The molecular formula is C23H18N4O2. The van der Waals surface area contributed by atoms with Crippen LogP contribution in [0.1, 0.15) is 23.0 Å². The van der Waals surface area contributed by atoms with E-state index in [1.165, 1.54) is 0 Å². The highest BCUT2D eigenvalue weighted by molar-refractivity contribution is 6.07. The number of rotatable bonds is 5. The van der Waals surface area contributed by atoms with Crippen molar-refractivity contribution in [3.63, 3.8) is 0 Å². The van der Waals surface area contributed by atoms with Crippen LogP contribution in [-0.2, 0) is 0 Å². The lowest BCUT2D eigenvalue weighted by Crippen LogP contribution is -2.18. The van der Waals surface area contributed by atoms with Crippen LogP contribution in [0.3, 0.4) is 0 Å². The van der Waals surface area contributed by atoms with Crippen LogP contribution in [0, 0.1) is 0 Å². The number of pyridine rings is 2. The quantitative estimate of drug-likeness (QED) is 0.400. The number of hydrogen-bond donors (Lipinski definition) is 1. The third-order valence-corrected chi connectivity index (χ3v) is 4.28. The molecule has 142 valence electrons. The first-order chi connectivity index (χ1) is 14.2. The van der Waals surface area contributed by atoms with Crippen LogP contribution in [0.15, 0.2) is 88.3 Å². The summed E-state index contributed by atoms with van der Waals surface area (Å²) in [7, 11) is 0. The van der Waals surface area contributed by atoms with Gasteiger partial charge in [0.1, 0.15) is 5.76 Å². The number of carbonyl (C=O) groups is 1. The molecule has 1 aromatic carbocycles. The number of nitrogens with one attached hydrogen (secondary N) is 1. The van der Waals surface area contributed by atoms with Crippen LogP contribution in [0.5, 0.6) is 0 Å². The van der Waals surface area contributed by atoms with Crippen molar-refractivity contribution in [2.24, 2.45) is 5.10 Å². The molecule has 1 N–H and O–H groups in total. The second-order valence-corrected chi connectivity index (χ2v) is 6.41. The topological polar surface area (TPSA) is 80.4 Å². The fraction of sp³-hybridized carbons (Fsp3) is 0.0435. The van der Waals surface area contributed by atoms with Gasteiger partial charge < -0.3 is 4.42 Å². The van der Waals surface area contributed by atoms with Gasteiger partial charge in [-0.15, -0.1) is 0 Å². The van der Waals surface area contributed by atoms with Crippen molar-refractivity contribution >= 4 is 29.1 Å². The lowest BCUT2D eigenvalue weighted by atomic mass is 10.0. The first kappa shape index (κ1) is 18.3. The number of aromatic nitrogens is 2. The van der Waals surface area contributed by atoms with E-state index in [1.54, 1.807) is 30.9 Å². The number of hydrazone groups is 1. The second kappa shape index (κ2) is 8.31. The highest BCUT2D eigenvalue weighted by atomic mass is 16.3. The fourth-order valence-electron chi connectivity index (χ4n) is 2.92. The van der Waals surface area contributed by atoms with E-state index in [0.717, 1.165) is 27.8 Å². The number of fused-ring (bicyclic) bond motifs is 1. The SMILES string of the molecule is C/C(C=NNC(=O)c1cc(-c2ccncc2)nc2ccccc12)=C\c1ccco1. The molecule has 0 spiro atoms. The Kier molecular flexibility index (Phi) is 5.25. The zero-order valence-corrected chi connectivity index (χ0v) is 15.7. The summed E-state index contributed by atoms with van der Waals surface area (Å²) < 4.78 is 5.27. The Morgan fingerprint density at radius 2 is 1.93 bits per heavy atom. The Morgan fingerprint density at radius 1 is 1.10 bits per heavy atom. The lowest BCUT2D eigenvalue weighted by molar-refractivity contribution is 0.0956. The largest absolute Gasteiger partial charge is 0.465 e. The molecule has 0 atom stereocenters. The minimum atomic E-state index is -0.305. The third kappa shape index (κ3) is 4.27. The van der Waals surface area contributed by atoms with Crippen LogP contribution >= 0.6 is 0 Å². The van der Waals surface area contributed by atoms with Gasteiger partial charge in [0.2, 0.25) is 0 Å². The molecule has 3 aromatic heterocycles.